The molecule has 0 bridgehead atoms. The van der Waals surface area contributed by atoms with E-state index >= 15 is 0 Å². The molecule has 0 unspecified atom stereocenters. The molecule has 3 rings (SSSR count). The molecule has 0 fully saturated rings. The number of benzene rings is 2. The fourth-order valence-corrected chi connectivity index (χ4v) is 3.85. The molecule has 1 aromatic heterocycles. The van der Waals surface area contributed by atoms with Crippen LogP contribution in [0, 0.1) is 5.82 Å². The second-order valence-electron chi connectivity index (χ2n) is 6.39. The summed E-state index contributed by atoms with van der Waals surface area (Å²) in [6.07, 6.45) is 0.622. The van der Waals surface area contributed by atoms with Gasteiger partial charge in [0, 0.05) is 13.1 Å². The van der Waals surface area contributed by atoms with Crippen LogP contribution in [0.2, 0.25) is 0 Å². The van der Waals surface area contributed by atoms with Crippen LogP contribution < -0.4 is 10.9 Å². The normalized spacial score (nSPS) is 12.1. The molecule has 28 heavy (non-hydrogen) atoms. The fourth-order valence-electron chi connectivity index (χ4n) is 2.85. The van der Waals surface area contributed by atoms with Crippen molar-refractivity contribution in [1.82, 2.24) is 14.9 Å². The first-order valence-electron chi connectivity index (χ1n) is 9.18. The first-order valence-corrected chi connectivity index (χ1v) is 10.1. The minimum Gasteiger partial charge on any atom is -0.355 e. The van der Waals surface area contributed by atoms with Crippen molar-refractivity contribution >= 4 is 28.6 Å². The number of nitrogens with one attached hydrogen (secondary N) is 1. The third kappa shape index (κ3) is 4.59. The Balaban J connectivity index is 1.66. The molecule has 5 nitrogen and oxygen atoms in total. The average molecular weight is 399 g/mol. The number of carbonyl (C=O) groups is 1. The maximum absolute atomic E-state index is 12.9. The van der Waals surface area contributed by atoms with Crippen LogP contribution in [0.25, 0.3) is 10.9 Å². The lowest BCUT2D eigenvalue weighted by Crippen LogP contribution is -2.33. The zero-order valence-corrected chi connectivity index (χ0v) is 16.6. The van der Waals surface area contributed by atoms with Crippen molar-refractivity contribution in [2.45, 2.75) is 37.2 Å². The van der Waals surface area contributed by atoms with E-state index in [4.69, 9.17) is 0 Å². The van der Waals surface area contributed by atoms with E-state index in [1.807, 2.05) is 19.1 Å². The van der Waals surface area contributed by atoms with E-state index in [-0.39, 0.29) is 17.3 Å². The summed E-state index contributed by atoms with van der Waals surface area (Å²) in [4.78, 5) is 29.7. The van der Waals surface area contributed by atoms with Crippen LogP contribution in [-0.2, 0) is 17.8 Å². The maximum Gasteiger partial charge on any atom is 0.262 e. The van der Waals surface area contributed by atoms with E-state index in [0.717, 1.165) is 5.56 Å². The summed E-state index contributed by atoms with van der Waals surface area (Å²) in [5.74, 6) is -0.403. The van der Waals surface area contributed by atoms with Crippen LogP contribution in [0.15, 0.2) is 58.5 Å². The van der Waals surface area contributed by atoms with Crippen molar-refractivity contribution in [2.24, 2.45) is 0 Å². The number of nitrogens with zero attached hydrogens (tertiary/aromatic N) is 2. The number of rotatable bonds is 7. The Morgan fingerprint density at radius 2 is 1.93 bits per heavy atom. The Labute approximate surface area is 167 Å². The summed E-state index contributed by atoms with van der Waals surface area (Å²) < 4.78 is 14.5. The van der Waals surface area contributed by atoms with Gasteiger partial charge in [0.15, 0.2) is 5.16 Å². The minimum atomic E-state index is -0.404. The topological polar surface area (TPSA) is 64.0 Å². The molecule has 1 N–H and O–H groups in total. The lowest BCUT2D eigenvalue weighted by Gasteiger charge is -2.15. The van der Waals surface area contributed by atoms with Gasteiger partial charge in [-0.2, -0.15) is 0 Å². The van der Waals surface area contributed by atoms with Gasteiger partial charge in [0.25, 0.3) is 5.56 Å². The van der Waals surface area contributed by atoms with E-state index in [0.29, 0.717) is 35.6 Å². The first kappa shape index (κ1) is 20.1. The molecule has 1 amide bonds. The molecule has 2 aromatic carbocycles. The van der Waals surface area contributed by atoms with Crippen molar-refractivity contribution in [3.05, 3.63) is 70.3 Å². The molecular weight excluding hydrogens is 377 g/mol. The highest BCUT2D eigenvalue weighted by molar-refractivity contribution is 8.00. The number of hydrogen-bond donors (Lipinski definition) is 1. The monoisotopic (exact) mass is 399 g/mol. The SMILES string of the molecule is CCn1c(S[C@@H](C)C(=O)NCCc2ccc(F)cc2)nc2ccccc2c1=O. The van der Waals surface area contributed by atoms with Gasteiger partial charge in [-0.05, 0) is 50.1 Å². The van der Waals surface area contributed by atoms with E-state index < -0.39 is 5.25 Å². The van der Waals surface area contributed by atoms with E-state index in [2.05, 4.69) is 10.3 Å². The van der Waals surface area contributed by atoms with Gasteiger partial charge in [-0.1, -0.05) is 36.0 Å². The van der Waals surface area contributed by atoms with Gasteiger partial charge >= 0.3 is 0 Å². The second-order valence-corrected chi connectivity index (χ2v) is 7.70. The second kappa shape index (κ2) is 9.01. The summed E-state index contributed by atoms with van der Waals surface area (Å²) >= 11 is 1.27. The smallest absolute Gasteiger partial charge is 0.262 e. The zero-order valence-electron chi connectivity index (χ0n) is 15.8. The van der Waals surface area contributed by atoms with Crippen molar-refractivity contribution in [1.29, 1.82) is 0 Å². The van der Waals surface area contributed by atoms with Crippen LogP contribution in [0.1, 0.15) is 19.4 Å². The summed E-state index contributed by atoms with van der Waals surface area (Å²) in [7, 11) is 0. The lowest BCUT2D eigenvalue weighted by molar-refractivity contribution is -0.120. The Bertz CT molecular complexity index is 1030. The van der Waals surface area contributed by atoms with Gasteiger partial charge in [0.05, 0.1) is 16.2 Å². The molecule has 0 aliphatic rings. The molecule has 3 aromatic rings. The van der Waals surface area contributed by atoms with E-state index in [1.165, 1.54) is 23.9 Å². The zero-order chi connectivity index (χ0) is 20.1. The molecule has 7 heteroatoms. The highest BCUT2D eigenvalue weighted by Crippen LogP contribution is 2.22. The van der Waals surface area contributed by atoms with Crippen molar-refractivity contribution in [3.63, 3.8) is 0 Å². The molecule has 1 heterocycles. The van der Waals surface area contributed by atoms with E-state index in [1.54, 1.807) is 35.8 Å². The van der Waals surface area contributed by atoms with Crippen LogP contribution >= 0.6 is 11.8 Å². The molecule has 146 valence electrons. The lowest BCUT2D eigenvalue weighted by atomic mass is 10.1. The average Bonchev–Trinajstić information content (AvgIpc) is 2.69. The highest BCUT2D eigenvalue weighted by Gasteiger charge is 2.18. The van der Waals surface area contributed by atoms with Gasteiger partial charge in [-0.25, -0.2) is 9.37 Å². The Hall–Kier alpha value is -2.67. The Kier molecular flexibility index (Phi) is 6.46. The maximum atomic E-state index is 12.9. The molecule has 0 aliphatic heterocycles. The van der Waals surface area contributed by atoms with Crippen LogP contribution in [0.5, 0.6) is 0 Å². The molecule has 0 aliphatic carbocycles. The molecule has 0 saturated heterocycles. The number of fused-ring (bicyclic) bond motifs is 1. The fraction of sp³-hybridized carbons (Fsp3) is 0.286. The van der Waals surface area contributed by atoms with Crippen LogP contribution in [0.3, 0.4) is 0 Å². The molecule has 0 spiro atoms. The summed E-state index contributed by atoms with van der Waals surface area (Å²) in [5, 5.41) is 3.59. The van der Waals surface area contributed by atoms with Crippen molar-refractivity contribution in [3.8, 4) is 0 Å². The highest BCUT2D eigenvalue weighted by atomic mass is 32.2. The molecule has 0 saturated carbocycles. The number of thioether (sulfide) groups is 1. The van der Waals surface area contributed by atoms with Gasteiger partial charge in [0.1, 0.15) is 5.82 Å². The predicted octanol–water partition coefficient (Wildman–Crippen LogP) is 3.40. The van der Waals surface area contributed by atoms with Crippen molar-refractivity contribution < 1.29 is 9.18 Å². The quantitative estimate of drug-likeness (QED) is 0.489. The third-order valence-electron chi connectivity index (χ3n) is 4.42. The number of aromatic nitrogens is 2. The Morgan fingerprint density at radius 1 is 1.21 bits per heavy atom. The minimum absolute atomic E-state index is 0.0977. The summed E-state index contributed by atoms with van der Waals surface area (Å²) in [6, 6.07) is 13.4. The number of hydrogen-bond acceptors (Lipinski definition) is 4. The number of para-hydroxylation sites is 1. The largest absolute Gasteiger partial charge is 0.355 e. The van der Waals surface area contributed by atoms with Crippen LogP contribution in [-0.4, -0.2) is 27.3 Å². The molecule has 1 atom stereocenters. The van der Waals surface area contributed by atoms with Crippen molar-refractivity contribution in [2.75, 3.05) is 6.54 Å². The van der Waals surface area contributed by atoms with Gasteiger partial charge in [-0.15, -0.1) is 0 Å². The third-order valence-corrected chi connectivity index (χ3v) is 5.51. The number of amides is 1. The van der Waals surface area contributed by atoms with E-state index in [9.17, 15) is 14.0 Å². The number of halogens is 1. The Morgan fingerprint density at radius 3 is 2.64 bits per heavy atom. The van der Waals surface area contributed by atoms with Gasteiger partial charge < -0.3 is 5.32 Å². The van der Waals surface area contributed by atoms with Gasteiger partial charge in [-0.3, -0.25) is 14.2 Å². The predicted molar refractivity (Wildman–Crippen MR) is 110 cm³/mol. The van der Waals surface area contributed by atoms with Crippen LogP contribution in [0.4, 0.5) is 4.39 Å². The van der Waals surface area contributed by atoms with Gasteiger partial charge in [0.2, 0.25) is 5.91 Å². The summed E-state index contributed by atoms with van der Waals surface area (Å²) in [5.41, 5.74) is 1.49. The summed E-state index contributed by atoms with van der Waals surface area (Å²) in [6.45, 7) is 4.62. The molecular formula is C21H22FN3O2S. The standard InChI is InChI=1S/C21H22FN3O2S/c1-3-25-20(27)17-6-4-5-7-18(17)24-21(25)28-14(2)19(26)23-13-12-15-8-10-16(22)11-9-15/h4-11,14H,3,12-13H2,1-2H3,(H,23,26)/t14-/m0/s1. The molecule has 0 radical (unpaired) electrons. The number of carbonyl (C=O) groups excluding carboxylic acids is 1. The first-order chi connectivity index (χ1) is 13.5.